The Labute approximate surface area is 82.1 Å². The molecule has 3 nitrogen and oxygen atoms in total. The summed E-state index contributed by atoms with van der Waals surface area (Å²) in [5.41, 5.74) is 5.82. The highest BCUT2D eigenvalue weighted by atomic mass is 32.2. The molecule has 0 bridgehead atoms. The fraction of sp³-hybridized carbons (Fsp3) is 0.667. The first-order valence-corrected chi connectivity index (χ1v) is 5.54. The van der Waals surface area contributed by atoms with Gasteiger partial charge in [0.05, 0.1) is 6.20 Å². The van der Waals surface area contributed by atoms with Crippen LogP contribution in [0.2, 0.25) is 0 Å². The van der Waals surface area contributed by atoms with Crippen LogP contribution in [0, 0.1) is 0 Å². The number of oxazole rings is 1. The van der Waals surface area contributed by atoms with Crippen molar-refractivity contribution < 1.29 is 4.42 Å². The van der Waals surface area contributed by atoms with Crippen LogP contribution in [0.4, 0.5) is 0 Å². The Morgan fingerprint density at radius 1 is 1.38 bits per heavy atom. The number of nitrogens with two attached hydrogens (primary N) is 1. The Hall–Kier alpha value is -0.480. The molecule has 1 aliphatic rings. The van der Waals surface area contributed by atoms with Crippen LogP contribution in [0.5, 0.6) is 0 Å². The quantitative estimate of drug-likeness (QED) is 0.790. The number of rotatable bonds is 2. The maximum atomic E-state index is 5.82. The number of hydrogen-bond donors (Lipinski definition) is 1. The van der Waals surface area contributed by atoms with Crippen molar-refractivity contribution >= 4 is 11.8 Å². The summed E-state index contributed by atoms with van der Waals surface area (Å²) in [7, 11) is 0. The number of nitrogens with zero attached hydrogens (tertiary/aromatic N) is 1. The molecule has 1 aromatic rings. The van der Waals surface area contributed by atoms with Crippen molar-refractivity contribution in [2.24, 2.45) is 5.73 Å². The molecule has 2 rings (SSSR count). The van der Waals surface area contributed by atoms with Crippen molar-refractivity contribution in [3.8, 4) is 0 Å². The average molecular weight is 198 g/mol. The monoisotopic (exact) mass is 198 g/mol. The summed E-state index contributed by atoms with van der Waals surface area (Å²) in [6, 6.07) is 0.418. The van der Waals surface area contributed by atoms with E-state index in [-0.39, 0.29) is 0 Å². The van der Waals surface area contributed by atoms with Crippen LogP contribution in [0.25, 0.3) is 0 Å². The number of hydrogen-bond acceptors (Lipinski definition) is 4. The maximum absolute atomic E-state index is 5.82. The lowest BCUT2D eigenvalue weighted by molar-refractivity contribution is 0.433. The van der Waals surface area contributed by atoms with Gasteiger partial charge in [0.15, 0.2) is 0 Å². The van der Waals surface area contributed by atoms with Crippen molar-refractivity contribution in [2.75, 3.05) is 0 Å². The van der Waals surface area contributed by atoms with E-state index in [1.54, 1.807) is 24.2 Å². The molecule has 72 valence electrons. The van der Waals surface area contributed by atoms with E-state index in [1.165, 1.54) is 12.8 Å². The van der Waals surface area contributed by atoms with E-state index < -0.39 is 0 Å². The zero-order valence-corrected chi connectivity index (χ0v) is 8.30. The van der Waals surface area contributed by atoms with E-state index >= 15 is 0 Å². The van der Waals surface area contributed by atoms with E-state index in [0.29, 0.717) is 11.3 Å². The molecule has 1 aliphatic carbocycles. The van der Waals surface area contributed by atoms with Crippen molar-refractivity contribution in [1.82, 2.24) is 4.98 Å². The summed E-state index contributed by atoms with van der Waals surface area (Å²) in [4.78, 5) is 4.09. The fourth-order valence-electron chi connectivity index (χ4n) is 1.62. The molecule has 0 aliphatic heterocycles. The van der Waals surface area contributed by atoms with Crippen molar-refractivity contribution in [1.29, 1.82) is 0 Å². The minimum atomic E-state index is 0.418. The van der Waals surface area contributed by atoms with Crippen molar-refractivity contribution in [3.63, 3.8) is 0 Å². The Kier molecular flexibility index (Phi) is 2.90. The molecule has 1 saturated carbocycles. The van der Waals surface area contributed by atoms with Gasteiger partial charge in [0.1, 0.15) is 6.26 Å². The van der Waals surface area contributed by atoms with Gasteiger partial charge in [0, 0.05) is 11.3 Å². The maximum Gasteiger partial charge on any atom is 0.255 e. The molecule has 1 aromatic heterocycles. The fourth-order valence-corrected chi connectivity index (χ4v) is 2.64. The second-order valence-corrected chi connectivity index (χ2v) is 4.70. The van der Waals surface area contributed by atoms with Gasteiger partial charge in [0.2, 0.25) is 0 Å². The average Bonchev–Trinajstić information content (AvgIpc) is 2.62. The van der Waals surface area contributed by atoms with E-state index in [1.807, 2.05) is 0 Å². The molecule has 0 aromatic carbocycles. The van der Waals surface area contributed by atoms with Crippen LogP contribution in [0.15, 0.2) is 22.1 Å². The molecule has 1 fully saturated rings. The highest BCUT2D eigenvalue weighted by molar-refractivity contribution is 7.99. The van der Waals surface area contributed by atoms with Gasteiger partial charge >= 0.3 is 0 Å². The van der Waals surface area contributed by atoms with Crippen LogP contribution in [0.1, 0.15) is 25.7 Å². The van der Waals surface area contributed by atoms with E-state index in [2.05, 4.69) is 4.98 Å². The third kappa shape index (κ3) is 2.48. The van der Waals surface area contributed by atoms with E-state index in [0.717, 1.165) is 18.1 Å². The molecule has 0 atom stereocenters. The SMILES string of the molecule is NC1CCC(Sc2ncco2)CC1. The van der Waals surface area contributed by atoms with Gasteiger partial charge in [-0.1, -0.05) is 11.8 Å². The van der Waals surface area contributed by atoms with Gasteiger partial charge in [-0.05, 0) is 25.7 Å². The number of aromatic nitrogens is 1. The first-order chi connectivity index (χ1) is 6.34. The van der Waals surface area contributed by atoms with E-state index in [9.17, 15) is 0 Å². The van der Waals surface area contributed by atoms with Gasteiger partial charge in [-0.15, -0.1) is 0 Å². The lowest BCUT2D eigenvalue weighted by Crippen LogP contribution is -2.27. The van der Waals surface area contributed by atoms with E-state index in [4.69, 9.17) is 10.2 Å². The summed E-state index contributed by atoms with van der Waals surface area (Å²) >= 11 is 1.74. The summed E-state index contributed by atoms with van der Waals surface area (Å²) < 4.78 is 5.18. The predicted molar refractivity (Wildman–Crippen MR) is 52.6 cm³/mol. The summed E-state index contributed by atoms with van der Waals surface area (Å²) in [5, 5.41) is 1.44. The van der Waals surface area contributed by atoms with Crippen LogP contribution >= 0.6 is 11.8 Å². The summed E-state index contributed by atoms with van der Waals surface area (Å²) in [6.45, 7) is 0. The first kappa shape index (κ1) is 9.09. The minimum Gasteiger partial charge on any atom is -0.440 e. The molecule has 2 N–H and O–H groups in total. The normalized spacial score (nSPS) is 29.0. The Morgan fingerprint density at radius 3 is 2.77 bits per heavy atom. The molecule has 0 unspecified atom stereocenters. The summed E-state index contributed by atoms with van der Waals surface area (Å²) in [6.07, 6.45) is 7.97. The summed E-state index contributed by atoms with van der Waals surface area (Å²) in [5.74, 6) is 0. The molecule has 0 amide bonds. The van der Waals surface area contributed by atoms with Gasteiger partial charge in [-0.2, -0.15) is 0 Å². The topological polar surface area (TPSA) is 52.0 Å². The lowest BCUT2D eigenvalue weighted by atomic mass is 9.96. The third-order valence-electron chi connectivity index (χ3n) is 2.40. The molecule has 1 heterocycles. The van der Waals surface area contributed by atoms with Gasteiger partial charge in [0.25, 0.3) is 5.22 Å². The first-order valence-electron chi connectivity index (χ1n) is 4.66. The second-order valence-electron chi connectivity index (χ2n) is 3.45. The Morgan fingerprint density at radius 2 is 2.15 bits per heavy atom. The van der Waals surface area contributed by atoms with Crippen molar-refractivity contribution in [3.05, 3.63) is 12.5 Å². The lowest BCUT2D eigenvalue weighted by Gasteiger charge is -2.24. The third-order valence-corrected chi connectivity index (χ3v) is 3.60. The standard InChI is InChI=1S/C9H14N2OS/c10-7-1-3-8(4-2-7)13-9-11-5-6-12-9/h5-8H,1-4,10H2. The molecule has 4 heteroatoms. The second kappa shape index (κ2) is 4.15. The molecule has 0 saturated heterocycles. The van der Waals surface area contributed by atoms with Crippen molar-refractivity contribution in [2.45, 2.75) is 42.2 Å². The molecule has 0 radical (unpaired) electrons. The number of thioether (sulfide) groups is 1. The van der Waals surface area contributed by atoms with Crippen LogP contribution in [-0.2, 0) is 0 Å². The van der Waals surface area contributed by atoms with Crippen LogP contribution < -0.4 is 5.73 Å². The highest BCUT2D eigenvalue weighted by Gasteiger charge is 2.20. The van der Waals surface area contributed by atoms with Gasteiger partial charge < -0.3 is 10.2 Å². The Bertz CT molecular complexity index is 242. The zero-order chi connectivity index (χ0) is 9.10. The zero-order valence-electron chi connectivity index (χ0n) is 7.48. The molecule has 0 spiro atoms. The molecule has 13 heavy (non-hydrogen) atoms. The van der Waals surface area contributed by atoms with Crippen LogP contribution in [-0.4, -0.2) is 16.3 Å². The molecular formula is C9H14N2OS. The van der Waals surface area contributed by atoms with Crippen LogP contribution in [0.3, 0.4) is 0 Å². The molecular weight excluding hydrogens is 184 g/mol. The highest BCUT2D eigenvalue weighted by Crippen LogP contribution is 2.32. The van der Waals surface area contributed by atoms with Gasteiger partial charge in [-0.3, -0.25) is 0 Å². The smallest absolute Gasteiger partial charge is 0.255 e. The van der Waals surface area contributed by atoms with Gasteiger partial charge in [-0.25, -0.2) is 4.98 Å². The predicted octanol–water partition coefficient (Wildman–Crippen LogP) is 2.04. The Balaban J connectivity index is 1.83. The minimum absolute atomic E-state index is 0.418. The largest absolute Gasteiger partial charge is 0.440 e.